The topological polar surface area (TPSA) is 111 Å². The molecule has 2 aromatic rings. The Morgan fingerprint density at radius 1 is 1.25 bits per heavy atom. The third-order valence-corrected chi connectivity index (χ3v) is 2.72. The van der Waals surface area contributed by atoms with Gasteiger partial charge in [0.1, 0.15) is 11.5 Å². The first-order valence-corrected chi connectivity index (χ1v) is 5.83. The maximum Gasteiger partial charge on any atom is 0.275 e. The maximum absolute atomic E-state index is 12.0. The van der Waals surface area contributed by atoms with Crippen molar-refractivity contribution < 1.29 is 9.72 Å². The Bertz CT molecular complexity index is 673. The number of amides is 1. The lowest BCUT2D eigenvalue weighted by molar-refractivity contribution is -0.384. The Labute approximate surface area is 118 Å². The number of rotatable bonds is 3. The molecule has 1 aromatic heterocycles. The second-order valence-corrected chi connectivity index (χ2v) is 4.23. The number of anilines is 2. The van der Waals surface area contributed by atoms with E-state index in [0.717, 1.165) is 0 Å². The fraction of sp³-hybridized carbons (Fsp3) is 0. The van der Waals surface area contributed by atoms with Crippen molar-refractivity contribution in [2.45, 2.75) is 0 Å². The van der Waals surface area contributed by atoms with Gasteiger partial charge in [0.2, 0.25) is 0 Å². The minimum Gasteiger partial charge on any atom is -0.384 e. The molecule has 102 valence electrons. The summed E-state index contributed by atoms with van der Waals surface area (Å²) >= 11 is 5.86. The van der Waals surface area contributed by atoms with Crippen molar-refractivity contribution in [2.24, 2.45) is 0 Å². The summed E-state index contributed by atoms with van der Waals surface area (Å²) in [4.78, 5) is 25.8. The fourth-order valence-electron chi connectivity index (χ4n) is 1.47. The standard InChI is InChI=1S/C12H9ClN4O3/c13-9-5-6-10(14)16-11(9)12(18)15-7-1-3-8(4-2-7)17(19)20/h1-6H,(H2,14,16)(H,15,18). The first kappa shape index (κ1) is 13.8. The first-order chi connectivity index (χ1) is 9.47. The fourth-order valence-corrected chi connectivity index (χ4v) is 1.66. The third-order valence-electron chi connectivity index (χ3n) is 2.42. The molecule has 0 saturated carbocycles. The number of nitrogen functional groups attached to an aromatic ring is 1. The van der Waals surface area contributed by atoms with Crippen molar-refractivity contribution >= 4 is 34.7 Å². The number of halogens is 1. The van der Waals surface area contributed by atoms with Gasteiger partial charge in [-0.1, -0.05) is 11.6 Å². The van der Waals surface area contributed by atoms with E-state index in [1.54, 1.807) is 0 Å². The summed E-state index contributed by atoms with van der Waals surface area (Å²) in [5, 5.41) is 13.2. The molecule has 0 aliphatic rings. The molecule has 1 amide bonds. The van der Waals surface area contributed by atoms with Crippen molar-refractivity contribution in [3.05, 3.63) is 57.2 Å². The molecule has 1 heterocycles. The average molecular weight is 293 g/mol. The van der Waals surface area contributed by atoms with Crippen LogP contribution in [0.15, 0.2) is 36.4 Å². The highest BCUT2D eigenvalue weighted by atomic mass is 35.5. The van der Waals surface area contributed by atoms with Crippen LogP contribution >= 0.6 is 11.6 Å². The Kier molecular flexibility index (Phi) is 3.81. The van der Waals surface area contributed by atoms with Crippen LogP contribution in [0.5, 0.6) is 0 Å². The van der Waals surface area contributed by atoms with Crippen molar-refractivity contribution in [1.29, 1.82) is 0 Å². The van der Waals surface area contributed by atoms with Gasteiger partial charge in [0.05, 0.1) is 9.95 Å². The van der Waals surface area contributed by atoms with Crippen LogP contribution in [-0.4, -0.2) is 15.8 Å². The van der Waals surface area contributed by atoms with Crippen LogP contribution in [0.4, 0.5) is 17.2 Å². The molecule has 0 aliphatic carbocycles. The summed E-state index contributed by atoms with van der Waals surface area (Å²) in [6.45, 7) is 0. The zero-order chi connectivity index (χ0) is 14.7. The molecule has 20 heavy (non-hydrogen) atoms. The molecule has 0 bridgehead atoms. The smallest absolute Gasteiger partial charge is 0.275 e. The number of aromatic nitrogens is 1. The van der Waals surface area contributed by atoms with E-state index < -0.39 is 10.8 Å². The molecular formula is C12H9ClN4O3. The van der Waals surface area contributed by atoms with Gasteiger partial charge in [-0.05, 0) is 24.3 Å². The number of carbonyl (C=O) groups excluding carboxylic acids is 1. The predicted octanol–water partition coefficient (Wildman–Crippen LogP) is 2.48. The summed E-state index contributed by atoms with van der Waals surface area (Å²) in [5.74, 6) is -0.376. The number of benzene rings is 1. The molecule has 0 aliphatic heterocycles. The van der Waals surface area contributed by atoms with E-state index >= 15 is 0 Å². The van der Waals surface area contributed by atoms with E-state index in [2.05, 4.69) is 10.3 Å². The van der Waals surface area contributed by atoms with Gasteiger partial charge in [0.25, 0.3) is 11.6 Å². The number of nitrogens with zero attached hydrogens (tertiary/aromatic N) is 2. The predicted molar refractivity (Wildman–Crippen MR) is 74.7 cm³/mol. The van der Waals surface area contributed by atoms with Crippen LogP contribution in [0.25, 0.3) is 0 Å². The number of non-ortho nitro benzene ring substituents is 1. The van der Waals surface area contributed by atoms with Gasteiger partial charge in [0.15, 0.2) is 0 Å². The van der Waals surface area contributed by atoms with Crippen molar-refractivity contribution in [3.8, 4) is 0 Å². The highest BCUT2D eigenvalue weighted by Gasteiger charge is 2.13. The van der Waals surface area contributed by atoms with Gasteiger partial charge >= 0.3 is 0 Å². The first-order valence-electron chi connectivity index (χ1n) is 5.45. The lowest BCUT2D eigenvalue weighted by Crippen LogP contribution is -2.15. The number of hydrogen-bond acceptors (Lipinski definition) is 5. The monoisotopic (exact) mass is 292 g/mol. The molecule has 3 N–H and O–H groups in total. The molecule has 0 atom stereocenters. The number of carbonyl (C=O) groups is 1. The quantitative estimate of drug-likeness (QED) is 0.667. The van der Waals surface area contributed by atoms with Crippen molar-refractivity contribution in [1.82, 2.24) is 4.98 Å². The molecule has 8 heteroatoms. The zero-order valence-corrected chi connectivity index (χ0v) is 10.8. The molecule has 0 fully saturated rings. The van der Waals surface area contributed by atoms with Crippen LogP contribution in [0.3, 0.4) is 0 Å². The number of hydrogen-bond donors (Lipinski definition) is 2. The molecular weight excluding hydrogens is 284 g/mol. The summed E-state index contributed by atoms with van der Waals surface area (Å²) < 4.78 is 0. The second-order valence-electron chi connectivity index (χ2n) is 3.82. The minimum absolute atomic E-state index is 0.00924. The van der Waals surface area contributed by atoms with Gasteiger partial charge in [0, 0.05) is 17.8 Å². The Morgan fingerprint density at radius 3 is 2.50 bits per heavy atom. The molecule has 7 nitrogen and oxygen atoms in total. The van der Waals surface area contributed by atoms with Gasteiger partial charge in [-0.2, -0.15) is 0 Å². The van der Waals surface area contributed by atoms with Crippen molar-refractivity contribution in [2.75, 3.05) is 11.1 Å². The lowest BCUT2D eigenvalue weighted by Gasteiger charge is -2.06. The van der Waals surface area contributed by atoms with Gasteiger partial charge < -0.3 is 11.1 Å². The molecule has 0 spiro atoms. The van der Waals surface area contributed by atoms with Crippen LogP contribution < -0.4 is 11.1 Å². The largest absolute Gasteiger partial charge is 0.384 e. The summed E-state index contributed by atoms with van der Waals surface area (Å²) in [7, 11) is 0. The van der Waals surface area contributed by atoms with E-state index in [0.29, 0.717) is 5.69 Å². The number of nitrogens with one attached hydrogen (secondary N) is 1. The average Bonchev–Trinajstić information content (AvgIpc) is 2.42. The van der Waals surface area contributed by atoms with Crippen LogP contribution in [0.2, 0.25) is 5.02 Å². The van der Waals surface area contributed by atoms with E-state index in [9.17, 15) is 14.9 Å². The Hall–Kier alpha value is -2.67. The number of pyridine rings is 1. The summed E-state index contributed by atoms with van der Waals surface area (Å²) in [6.07, 6.45) is 0. The Balaban J connectivity index is 2.19. The minimum atomic E-state index is -0.545. The summed E-state index contributed by atoms with van der Waals surface area (Å²) in [6, 6.07) is 8.33. The molecule has 0 saturated heterocycles. The zero-order valence-electron chi connectivity index (χ0n) is 10.0. The van der Waals surface area contributed by atoms with E-state index in [-0.39, 0.29) is 22.2 Å². The number of nitro benzene ring substituents is 1. The van der Waals surface area contributed by atoms with Gasteiger partial charge in [-0.15, -0.1) is 0 Å². The molecule has 0 radical (unpaired) electrons. The van der Waals surface area contributed by atoms with E-state index in [1.807, 2.05) is 0 Å². The van der Waals surface area contributed by atoms with Gasteiger partial charge in [-0.3, -0.25) is 14.9 Å². The SMILES string of the molecule is Nc1ccc(Cl)c(C(=O)Nc2ccc([N+](=O)[O-])cc2)n1. The normalized spacial score (nSPS) is 10.1. The van der Waals surface area contributed by atoms with Gasteiger partial charge in [-0.25, -0.2) is 4.98 Å². The molecule has 2 rings (SSSR count). The maximum atomic E-state index is 12.0. The lowest BCUT2D eigenvalue weighted by atomic mass is 10.2. The highest BCUT2D eigenvalue weighted by Crippen LogP contribution is 2.19. The van der Waals surface area contributed by atoms with E-state index in [1.165, 1.54) is 36.4 Å². The number of nitrogens with two attached hydrogens (primary N) is 1. The third kappa shape index (κ3) is 3.01. The van der Waals surface area contributed by atoms with Crippen LogP contribution in [0.1, 0.15) is 10.5 Å². The Morgan fingerprint density at radius 2 is 1.90 bits per heavy atom. The summed E-state index contributed by atoms with van der Waals surface area (Å²) in [5.41, 5.74) is 5.80. The second kappa shape index (κ2) is 5.54. The molecule has 1 aromatic carbocycles. The number of nitro groups is 1. The van der Waals surface area contributed by atoms with Crippen LogP contribution in [0, 0.1) is 10.1 Å². The van der Waals surface area contributed by atoms with Crippen LogP contribution in [-0.2, 0) is 0 Å². The molecule has 0 unspecified atom stereocenters. The van der Waals surface area contributed by atoms with E-state index in [4.69, 9.17) is 17.3 Å². The highest BCUT2D eigenvalue weighted by molar-refractivity contribution is 6.34. The van der Waals surface area contributed by atoms with Crippen molar-refractivity contribution in [3.63, 3.8) is 0 Å².